The molecule has 6 nitrogen and oxygen atoms in total. The fourth-order valence-electron chi connectivity index (χ4n) is 5.85. The lowest BCUT2D eigenvalue weighted by molar-refractivity contribution is -0.137. The smallest absolute Gasteiger partial charge is 0.339 e. The third-order valence-corrected chi connectivity index (χ3v) is 7.17. The van der Waals surface area contributed by atoms with Crippen molar-refractivity contribution in [2.45, 2.75) is 58.0 Å². The number of hydrogen-bond donors (Lipinski definition) is 2. The molecule has 0 aromatic heterocycles. The number of carbonyl (C=O) groups is 2. The average Bonchev–Trinajstić information content (AvgIpc) is 2.61. The SMILES string of the molecule is COc1c(O)c2c(c3c1C(O)COC3=O)CC[C@H]1C(C)(C)C(=O)CC[C@]21C. The maximum absolute atomic E-state index is 12.6. The molecule has 1 aromatic rings. The number of phenolic OH excluding ortho intramolecular Hbond substituents is 1. The Morgan fingerprint density at radius 3 is 2.56 bits per heavy atom. The van der Waals surface area contributed by atoms with Gasteiger partial charge in [0.2, 0.25) is 0 Å². The molecular formula is C21H26O6. The number of methoxy groups -OCH3 is 1. The lowest BCUT2D eigenvalue weighted by Crippen LogP contribution is -2.52. The van der Waals surface area contributed by atoms with Crippen LogP contribution in [0, 0.1) is 11.3 Å². The number of phenols is 1. The maximum Gasteiger partial charge on any atom is 0.339 e. The summed E-state index contributed by atoms with van der Waals surface area (Å²) in [6.07, 6.45) is 1.31. The molecule has 1 aromatic carbocycles. The molecule has 1 fully saturated rings. The molecule has 3 atom stereocenters. The quantitative estimate of drug-likeness (QED) is 0.734. The van der Waals surface area contributed by atoms with Gasteiger partial charge >= 0.3 is 5.97 Å². The lowest BCUT2D eigenvalue weighted by atomic mass is 9.49. The Hall–Kier alpha value is -2.08. The monoisotopic (exact) mass is 374 g/mol. The summed E-state index contributed by atoms with van der Waals surface area (Å²) in [5.41, 5.74) is 1.10. The summed E-state index contributed by atoms with van der Waals surface area (Å²) in [5.74, 6) is -0.0653. The molecule has 2 N–H and O–H groups in total. The molecule has 27 heavy (non-hydrogen) atoms. The minimum absolute atomic E-state index is 0.0163. The van der Waals surface area contributed by atoms with E-state index in [4.69, 9.17) is 9.47 Å². The molecule has 0 bridgehead atoms. The molecule has 6 heteroatoms. The summed E-state index contributed by atoms with van der Waals surface area (Å²) in [6.45, 7) is 5.88. The van der Waals surface area contributed by atoms with Crippen molar-refractivity contribution in [2.24, 2.45) is 11.3 Å². The Labute approximate surface area is 158 Å². The van der Waals surface area contributed by atoms with E-state index in [-0.39, 0.29) is 29.8 Å². The number of fused-ring (bicyclic) bond motifs is 5. The first-order chi connectivity index (χ1) is 12.6. The molecule has 3 aliphatic rings. The zero-order valence-corrected chi connectivity index (χ0v) is 16.2. The first-order valence-corrected chi connectivity index (χ1v) is 9.49. The van der Waals surface area contributed by atoms with Gasteiger partial charge in [0.25, 0.3) is 0 Å². The van der Waals surface area contributed by atoms with Gasteiger partial charge in [0, 0.05) is 28.4 Å². The van der Waals surface area contributed by atoms with Crippen molar-refractivity contribution in [2.75, 3.05) is 13.7 Å². The first kappa shape index (κ1) is 18.3. The Morgan fingerprint density at radius 2 is 1.89 bits per heavy atom. The van der Waals surface area contributed by atoms with Crippen LogP contribution in [0.5, 0.6) is 11.5 Å². The van der Waals surface area contributed by atoms with Crippen molar-refractivity contribution >= 4 is 11.8 Å². The predicted octanol–water partition coefficient (Wildman–Crippen LogP) is 2.81. The number of cyclic esters (lactones) is 1. The zero-order valence-electron chi connectivity index (χ0n) is 16.2. The molecule has 1 heterocycles. The number of carbonyl (C=O) groups excluding carboxylic acids is 2. The fraction of sp³-hybridized carbons (Fsp3) is 0.619. The number of ether oxygens (including phenoxy) is 2. The van der Waals surface area contributed by atoms with Gasteiger partial charge in [0.05, 0.1) is 12.7 Å². The molecule has 1 saturated carbocycles. The van der Waals surface area contributed by atoms with Crippen LogP contribution in [0.15, 0.2) is 0 Å². The summed E-state index contributed by atoms with van der Waals surface area (Å²) in [5, 5.41) is 21.6. The van der Waals surface area contributed by atoms with Crippen LogP contribution in [0.3, 0.4) is 0 Å². The van der Waals surface area contributed by atoms with Gasteiger partial charge in [-0.25, -0.2) is 4.79 Å². The Kier molecular flexibility index (Phi) is 3.87. The van der Waals surface area contributed by atoms with Crippen molar-refractivity contribution in [1.82, 2.24) is 0 Å². The first-order valence-electron chi connectivity index (χ1n) is 9.49. The van der Waals surface area contributed by atoms with Crippen LogP contribution < -0.4 is 4.74 Å². The summed E-state index contributed by atoms with van der Waals surface area (Å²) in [7, 11) is 1.42. The summed E-state index contributed by atoms with van der Waals surface area (Å²) in [6, 6.07) is 0. The van der Waals surface area contributed by atoms with Crippen molar-refractivity contribution < 1.29 is 29.3 Å². The topological polar surface area (TPSA) is 93.1 Å². The minimum Gasteiger partial charge on any atom is -0.504 e. The highest BCUT2D eigenvalue weighted by atomic mass is 16.5. The third kappa shape index (κ3) is 2.22. The van der Waals surface area contributed by atoms with Crippen LogP contribution in [0.25, 0.3) is 0 Å². The lowest BCUT2D eigenvalue weighted by Gasteiger charge is -2.53. The molecule has 0 radical (unpaired) electrons. The molecule has 1 aliphatic heterocycles. The highest BCUT2D eigenvalue weighted by molar-refractivity contribution is 5.97. The van der Waals surface area contributed by atoms with E-state index in [0.717, 1.165) is 12.0 Å². The standard InChI is InChI=1S/C21H26O6/c1-20(2)12-6-5-10-14-15(11(22)9-27-19(14)25)18(26-4)17(24)16(10)21(12,3)8-7-13(20)23/h11-12,22,24H,5-9H2,1-4H3/t11?,12-,21-/m0/s1. The molecule has 1 unspecified atom stereocenters. The van der Waals surface area contributed by atoms with Crippen LogP contribution in [0.2, 0.25) is 0 Å². The van der Waals surface area contributed by atoms with E-state index >= 15 is 0 Å². The second-order valence-electron chi connectivity index (χ2n) is 8.79. The van der Waals surface area contributed by atoms with Gasteiger partial charge in [-0.05, 0) is 30.7 Å². The van der Waals surface area contributed by atoms with Crippen LogP contribution in [-0.2, 0) is 21.4 Å². The highest BCUT2D eigenvalue weighted by Crippen LogP contribution is 2.60. The average molecular weight is 374 g/mol. The molecule has 2 aliphatic carbocycles. The van der Waals surface area contributed by atoms with Gasteiger partial charge in [0.15, 0.2) is 11.5 Å². The van der Waals surface area contributed by atoms with E-state index in [0.29, 0.717) is 36.0 Å². The summed E-state index contributed by atoms with van der Waals surface area (Å²) < 4.78 is 10.6. The number of rotatable bonds is 1. The number of aliphatic hydroxyl groups is 1. The van der Waals surface area contributed by atoms with Crippen molar-refractivity contribution in [3.8, 4) is 11.5 Å². The van der Waals surface area contributed by atoms with Gasteiger partial charge in [-0.15, -0.1) is 0 Å². The van der Waals surface area contributed by atoms with Gasteiger partial charge in [-0.3, -0.25) is 4.79 Å². The summed E-state index contributed by atoms with van der Waals surface area (Å²) in [4.78, 5) is 25.2. The molecule has 4 rings (SSSR count). The van der Waals surface area contributed by atoms with E-state index in [9.17, 15) is 19.8 Å². The van der Waals surface area contributed by atoms with E-state index in [1.807, 2.05) is 13.8 Å². The van der Waals surface area contributed by atoms with Crippen LogP contribution in [0.1, 0.15) is 73.2 Å². The van der Waals surface area contributed by atoms with Gasteiger partial charge < -0.3 is 19.7 Å². The Bertz CT molecular complexity index is 855. The molecule has 0 amide bonds. The fourth-order valence-corrected chi connectivity index (χ4v) is 5.85. The van der Waals surface area contributed by atoms with Gasteiger partial charge in [0.1, 0.15) is 18.5 Å². The highest BCUT2D eigenvalue weighted by Gasteiger charge is 2.56. The number of aromatic hydroxyl groups is 1. The Morgan fingerprint density at radius 1 is 1.19 bits per heavy atom. The summed E-state index contributed by atoms with van der Waals surface area (Å²) >= 11 is 0. The number of aliphatic hydroxyl groups excluding tert-OH is 1. The number of esters is 1. The van der Waals surface area contributed by atoms with Crippen molar-refractivity contribution in [1.29, 1.82) is 0 Å². The molecule has 0 saturated heterocycles. The van der Waals surface area contributed by atoms with E-state index in [2.05, 4.69) is 6.92 Å². The number of Topliss-reactive ketones (excluding diaryl/α,β-unsaturated/α-hetero) is 1. The molecule has 0 spiro atoms. The normalized spacial score (nSPS) is 31.4. The number of hydrogen-bond acceptors (Lipinski definition) is 6. The predicted molar refractivity (Wildman–Crippen MR) is 97.1 cm³/mol. The zero-order chi connectivity index (χ0) is 19.7. The third-order valence-electron chi connectivity index (χ3n) is 7.17. The second-order valence-corrected chi connectivity index (χ2v) is 8.79. The maximum atomic E-state index is 12.6. The number of benzene rings is 1. The van der Waals surface area contributed by atoms with Crippen LogP contribution in [0.4, 0.5) is 0 Å². The number of ketones is 1. The Balaban J connectivity index is 2.03. The van der Waals surface area contributed by atoms with Gasteiger partial charge in [-0.1, -0.05) is 20.8 Å². The van der Waals surface area contributed by atoms with Crippen LogP contribution >= 0.6 is 0 Å². The van der Waals surface area contributed by atoms with E-state index < -0.39 is 22.9 Å². The van der Waals surface area contributed by atoms with E-state index in [1.54, 1.807) is 0 Å². The van der Waals surface area contributed by atoms with Crippen molar-refractivity contribution in [3.05, 3.63) is 22.3 Å². The van der Waals surface area contributed by atoms with Crippen LogP contribution in [-0.4, -0.2) is 35.7 Å². The van der Waals surface area contributed by atoms with Gasteiger partial charge in [-0.2, -0.15) is 0 Å². The van der Waals surface area contributed by atoms with Crippen molar-refractivity contribution in [3.63, 3.8) is 0 Å². The largest absolute Gasteiger partial charge is 0.504 e. The molecular weight excluding hydrogens is 348 g/mol. The van der Waals surface area contributed by atoms with E-state index in [1.165, 1.54) is 7.11 Å². The second kappa shape index (κ2) is 5.71. The minimum atomic E-state index is -1.03. The molecule has 146 valence electrons.